The number of rotatable bonds is 6. The first-order valence-corrected chi connectivity index (χ1v) is 7.90. The number of amides is 1. The Kier molecular flexibility index (Phi) is 5.32. The molecule has 0 unspecified atom stereocenters. The Morgan fingerprint density at radius 1 is 1.43 bits per heavy atom. The molecule has 2 heterocycles. The van der Waals surface area contributed by atoms with E-state index in [-0.39, 0.29) is 17.5 Å². The normalized spacial score (nSPS) is 10.8. The number of carbonyl (C=O) groups is 2. The van der Waals surface area contributed by atoms with E-state index < -0.39 is 18.5 Å². The highest BCUT2D eigenvalue weighted by molar-refractivity contribution is 7.07. The predicted molar refractivity (Wildman–Crippen MR) is 85.5 cm³/mol. The molecule has 0 radical (unpaired) electrons. The number of aromatic nitrogens is 3. The van der Waals surface area contributed by atoms with Crippen molar-refractivity contribution in [3.8, 4) is 0 Å². The molecule has 0 saturated carbocycles. The van der Waals surface area contributed by atoms with Crippen molar-refractivity contribution in [1.82, 2.24) is 14.3 Å². The molecule has 2 rings (SSSR count). The van der Waals surface area contributed by atoms with Gasteiger partial charge >= 0.3 is 10.8 Å². The minimum absolute atomic E-state index is 0.0938. The average molecular weight is 338 g/mol. The fraction of sp³-hybridized carbons (Fsp3) is 0.429. The molecule has 0 fully saturated rings. The van der Waals surface area contributed by atoms with Crippen LogP contribution in [-0.4, -0.2) is 32.8 Å². The summed E-state index contributed by atoms with van der Waals surface area (Å²) in [6.07, 6.45) is 1.58. The Morgan fingerprint density at radius 3 is 2.78 bits per heavy atom. The molecule has 0 aliphatic heterocycles. The lowest BCUT2D eigenvalue weighted by Gasteiger charge is -2.12. The molecule has 0 atom stereocenters. The number of ether oxygens (including phenoxy) is 1. The van der Waals surface area contributed by atoms with Gasteiger partial charge in [-0.3, -0.25) is 19.0 Å². The molecule has 2 aromatic heterocycles. The zero-order valence-electron chi connectivity index (χ0n) is 13.1. The van der Waals surface area contributed by atoms with Crippen LogP contribution in [0.1, 0.15) is 25.6 Å². The Bertz CT molecular complexity index is 759. The molecule has 1 amide bonds. The van der Waals surface area contributed by atoms with Gasteiger partial charge in [-0.25, -0.2) is 4.68 Å². The maximum atomic E-state index is 11.8. The number of thiazole rings is 1. The van der Waals surface area contributed by atoms with E-state index in [4.69, 9.17) is 4.74 Å². The van der Waals surface area contributed by atoms with Gasteiger partial charge in [-0.05, 0) is 20.8 Å². The average Bonchev–Trinajstić information content (AvgIpc) is 3.07. The number of nitrogens with zero attached hydrogens (tertiary/aromatic N) is 3. The van der Waals surface area contributed by atoms with Gasteiger partial charge in [0.1, 0.15) is 12.4 Å². The van der Waals surface area contributed by atoms with Crippen LogP contribution in [0.5, 0.6) is 0 Å². The van der Waals surface area contributed by atoms with Crippen LogP contribution in [0.25, 0.3) is 0 Å². The molecular weight excluding hydrogens is 320 g/mol. The standard InChI is InChI=1S/C14H18N4O4S/c1-9(2)18-11(4-5-15-18)16-12(19)7-22-13(20)6-17-10(3)8-23-14(17)21/h4-5,8-9H,6-7H2,1-3H3,(H,16,19). The Balaban J connectivity index is 1.86. The first-order chi connectivity index (χ1) is 10.9. The third-order valence-corrected chi connectivity index (χ3v) is 3.94. The lowest BCUT2D eigenvalue weighted by Crippen LogP contribution is -2.26. The molecule has 1 N–H and O–H groups in total. The van der Waals surface area contributed by atoms with Crippen molar-refractivity contribution in [3.63, 3.8) is 0 Å². The van der Waals surface area contributed by atoms with Gasteiger partial charge in [-0.15, -0.1) is 0 Å². The first-order valence-electron chi connectivity index (χ1n) is 7.02. The van der Waals surface area contributed by atoms with Gasteiger partial charge in [-0.1, -0.05) is 11.3 Å². The molecule has 0 aliphatic rings. The van der Waals surface area contributed by atoms with E-state index in [1.54, 1.807) is 29.2 Å². The molecular formula is C14H18N4O4S. The lowest BCUT2D eigenvalue weighted by atomic mass is 10.4. The van der Waals surface area contributed by atoms with Crippen LogP contribution in [0, 0.1) is 6.92 Å². The minimum Gasteiger partial charge on any atom is -0.454 e. The second-order valence-electron chi connectivity index (χ2n) is 5.19. The summed E-state index contributed by atoms with van der Waals surface area (Å²) in [6.45, 7) is 4.98. The first kappa shape index (κ1) is 16.9. The molecule has 124 valence electrons. The van der Waals surface area contributed by atoms with Crippen LogP contribution in [0.2, 0.25) is 0 Å². The smallest absolute Gasteiger partial charge is 0.326 e. The van der Waals surface area contributed by atoms with Crippen LogP contribution in [0.4, 0.5) is 5.82 Å². The molecule has 0 aliphatic carbocycles. The van der Waals surface area contributed by atoms with Crippen LogP contribution >= 0.6 is 11.3 Å². The molecule has 0 spiro atoms. The fourth-order valence-electron chi connectivity index (χ4n) is 1.92. The van der Waals surface area contributed by atoms with Crippen molar-refractivity contribution in [1.29, 1.82) is 0 Å². The van der Waals surface area contributed by atoms with Crippen molar-refractivity contribution < 1.29 is 14.3 Å². The molecule has 9 heteroatoms. The quantitative estimate of drug-likeness (QED) is 0.798. The number of anilines is 1. The molecule has 0 aromatic carbocycles. The summed E-state index contributed by atoms with van der Waals surface area (Å²) in [5.74, 6) is -0.567. The summed E-state index contributed by atoms with van der Waals surface area (Å²) in [4.78, 5) is 34.8. The fourth-order valence-corrected chi connectivity index (χ4v) is 2.66. The molecule has 8 nitrogen and oxygen atoms in total. The number of carbonyl (C=O) groups excluding carboxylic acids is 2. The SMILES string of the molecule is Cc1csc(=O)n1CC(=O)OCC(=O)Nc1ccnn1C(C)C. The largest absolute Gasteiger partial charge is 0.454 e. The second-order valence-corrected chi connectivity index (χ2v) is 6.01. The lowest BCUT2D eigenvalue weighted by molar-refractivity contribution is -0.147. The van der Waals surface area contributed by atoms with E-state index in [2.05, 4.69) is 10.4 Å². The molecule has 23 heavy (non-hydrogen) atoms. The minimum atomic E-state index is -0.638. The highest BCUT2D eigenvalue weighted by atomic mass is 32.1. The van der Waals surface area contributed by atoms with Crippen LogP contribution in [0.15, 0.2) is 22.4 Å². The summed E-state index contributed by atoms with van der Waals surface area (Å²) in [6, 6.07) is 1.75. The van der Waals surface area contributed by atoms with Gasteiger partial charge in [0.25, 0.3) is 5.91 Å². The number of esters is 1. The summed E-state index contributed by atoms with van der Waals surface area (Å²) in [5, 5.41) is 8.38. The van der Waals surface area contributed by atoms with Crippen molar-refractivity contribution in [2.45, 2.75) is 33.4 Å². The van der Waals surface area contributed by atoms with E-state index in [1.807, 2.05) is 13.8 Å². The van der Waals surface area contributed by atoms with Gasteiger partial charge in [-0.2, -0.15) is 5.10 Å². The molecule has 0 bridgehead atoms. The van der Waals surface area contributed by atoms with Crippen molar-refractivity contribution >= 4 is 29.0 Å². The Hall–Kier alpha value is -2.42. The molecule has 2 aromatic rings. The van der Waals surface area contributed by atoms with E-state index in [1.165, 1.54) is 4.57 Å². The maximum Gasteiger partial charge on any atom is 0.326 e. The van der Waals surface area contributed by atoms with E-state index in [9.17, 15) is 14.4 Å². The predicted octanol–water partition coefficient (Wildman–Crippen LogP) is 1.18. The van der Waals surface area contributed by atoms with Crippen LogP contribution in [-0.2, 0) is 20.9 Å². The van der Waals surface area contributed by atoms with E-state index in [0.29, 0.717) is 11.5 Å². The third kappa shape index (κ3) is 4.28. The number of hydrogen-bond acceptors (Lipinski definition) is 6. The van der Waals surface area contributed by atoms with Crippen molar-refractivity contribution in [2.75, 3.05) is 11.9 Å². The van der Waals surface area contributed by atoms with E-state index >= 15 is 0 Å². The highest BCUT2D eigenvalue weighted by Gasteiger charge is 2.13. The van der Waals surface area contributed by atoms with Gasteiger partial charge in [0.05, 0.1) is 6.20 Å². The van der Waals surface area contributed by atoms with Crippen molar-refractivity contribution in [2.24, 2.45) is 0 Å². The van der Waals surface area contributed by atoms with Crippen LogP contribution < -0.4 is 10.2 Å². The van der Waals surface area contributed by atoms with Gasteiger partial charge in [0, 0.05) is 23.2 Å². The molecule has 0 saturated heterocycles. The number of aryl methyl sites for hydroxylation is 1. The topological polar surface area (TPSA) is 95.2 Å². The summed E-state index contributed by atoms with van der Waals surface area (Å²) < 4.78 is 7.85. The number of hydrogen-bond donors (Lipinski definition) is 1. The number of nitrogens with one attached hydrogen (secondary N) is 1. The maximum absolute atomic E-state index is 11.8. The third-order valence-electron chi connectivity index (χ3n) is 3.05. The summed E-state index contributed by atoms with van der Waals surface area (Å²) in [5.41, 5.74) is 0.683. The second kappa shape index (κ2) is 7.23. The zero-order valence-corrected chi connectivity index (χ0v) is 13.9. The monoisotopic (exact) mass is 338 g/mol. The summed E-state index contributed by atoms with van der Waals surface area (Å²) >= 11 is 1.02. The van der Waals surface area contributed by atoms with Crippen LogP contribution in [0.3, 0.4) is 0 Å². The Labute approximate surface area is 136 Å². The highest BCUT2D eigenvalue weighted by Crippen LogP contribution is 2.12. The summed E-state index contributed by atoms with van der Waals surface area (Å²) in [7, 11) is 0. The Morgan fingerprint density at radius 2 is 2.17 bits per heavy atom. The van der Waals surface area contributed by atoms with Gasteiger partial charge in [0.2, 0.25) is 0 Å². The van der Waals surface area contributed by atoms with Gasteiger partial charge < -0.3 is 10.1 Å². The van der Waals surface area contributed by atoms with Crippen molar-refractivity contribution in [3.05, 3.63) is 33.0 Å². The van der Waals surface area contributed by atoms with Gasteiger partial charge in [0.15, 0.2) is 6.61 Å². The van der Waals surface area contributed by atoms with E-state index in [0.717, 1.165) is 11.3 Å². The zero-order chi connectivity index (χ0) is 17.0.